The van der Waals surface area contributed by atoms with Gasteiger partial charge in [0.05, 0.1) is 11.4 Å². The standard InChI is InChI=1S/C17H25N3O5S/c1-3-16(21)18-12-5-7-15(8-6-12)26(24,25)19-13-9-14(10-13)20(4-2)11-17(22)23/h5-8,13-14,19H,3-4,9-11H2,1-2H3,(H,18,21)(H,22,23). The van der Waals surface area contributed by atoms with Crippen LogP contribution in [0.15, 0.2) is 29.2 Å². The van der Waals surface area contributed by atoms with Crippen molar-refractivity contribution in [3.63, 3.8) is 0 Å². The maximum atomic E-state index is 12.4. The van der Waals surface area contributed by atoms with Gasteiger partial charge in [0.1, 0.15) is 0 Å². The van der Waals surface area contributed by atoms with Gasteiger partial charge in [-0.25, -0.2) is 13.1 Å². The molecule has 0 aliphatic heterocycles. The van der Waals surface area contributed by atoms with Crippen LogP contribution in [0.3, 0.4) is 0 Å². The summed E-state index contributed by atoms with van der Waals surface area (Å²) < 4.78 is 27.5. The van der Waals surface area contributed by atoms with Crippen LogP contribution in [-0.2, 0) is 19.6 Å². The van der Waals surface area contributed by atoms with Gasteiger partial charge in [0, 0.05) is 24.2 Å². The predicted octanol–water partition coefficient (Wildman–Crippen LogP) is 1.25. The summed E-state index contributed by atoms with van der Waals surface area (Å²) in [7, 11) is -3.65. The quantitative estimate of drug-likeness (QED) is 0.591. The number of sulfonamides is 1. The van der Waals surface area contributed by atoms with E-state index in [2.05, 4.69) is 10.0 Å². The van der Waals surface area contributed by atoms with Crippen molar-refractivity contribution in [2.24, 2.45) is 0 Å². The molecule has 0 spiro atoms. The van der Waals surface area contributed by atoms with Crippen molar-refractivity contribution in [1.82, 2.24) is 9.62 Å². The number of carboxylic acid groups (broad SMARTS) is 1. The third kappa shape index (κ3) is 5.26. The molecule has 2 rings (SSSR count). The van der Waals surface area contributed by atoms with Crippen molar-refractivity contribution in [2.75, 3.05) is 18.4 Å². The zero-order chi connectivity index (χ0) is 19.3. The minimum atomic E-state index is -3.65. The number of carbonyl (C=O) groups excluding carboxylic acids is 1. The Morgan fingerprint density at radius 3 is 2.31 bits per heavy atom. The first-order valence-corrected chi connectivity index (χ1v) is 10.1. The SMILES string of the molecule is CCC(=O)Nc1ccc(S(=O)(=O)NC2CC(N(CC)CC(=O)O)C2)cc1. The van der Waals surface area contributed by atoms with Crippen LogP contribution in [0.1, 0.15) is 33.1 Å². The molecule has 1 aromatic rings. The Bertz CT molecular complexity index is 742. The van der Waals surface area contributed by atoms with Gasteiger partial charge in [-0.1, -0.05) is 13.8 Å². The summed E-state index contributed by atoms with van der Waals surface area (Å²) in [4.78, 5) is 24.2. The molecule has 0 aromatic heterocycles. The molecule has 0 radical (unpaired) electrons. The molecule has 1 aliphatic carbocycles. The Morgan fingerprint density at radius 1 is 1.19 bits per heavy atom. The topological polar surface area (TPSA) is 116 Å². The fourth-order valence-electron chi connectivity index (χ4n) is 2.91. The summed E-state index contributed by atoms with van der Waals surface area (Å²) in [6, 6.07) is 5.89. The van der Waals surface area contributed by atoms with E-state index in [1.165, 1.54) is 12.1 Å². The van der Waals surface area contributed by atoms with Gasteiger partial charge < -0.3 is 10.4 Å². The number of hydrogen-bond donors (Lipinski definition) is 3. The van der Waals surface area contributed by atoms with Crippen molar-refractivity contribution >= 4 is 27.6 Å². The van der Waals surface area contributed by atoms with Gasteiger partial charge in [0.2, 0.25) is 15.9 Å². The van der Waals surface area contributed by atoms with Gasteiger partial charge in [-0.15, -0.1) is 0 Å². The Kier molecular flexibility index (Phi) is 6.74. The Morgan fingerprint density at radius 2 is 1.81 bits per heavy atom. The number of carboxylic acids is 1. The molecule has 0 bridgehead atoms. The van der Waals surface area contributed by atoms with Gasteiger partial charge in [0.15, 0.2) is 0 Å². The number of nitrogens with one attached hydrogen (secondary N) is 2. The summed E-state index contributed by atoms with van der Waals surface area (Å²) in [6.45, 7) is 4.20. The van der Waals surface area contributed by atoms with E-state index >= 15 is 0 Å². The predicted molar refractivity (Wildman–Crippen MR) is 97.4 cm³/mol. The first-order chi connectivity index (χ1) is 12.2. The number of benzene rings is 1. The zero-order valence-electron chi connectivity index (χ0n) is 14.9. The van der Waals surface area contributed by atoms with Crippen LogP contribution in [0.25, 0.3) is 0 Å². The first kappa shape index (κ1) is 20.3. The number of likely N-dealkylation sites (N-methyl/N-ethyl adjacent to an activating group) is 1. The molecule has 1 saturated carbocycles. The summed E-state index contributed by atoms with van der Waals surface area (Å²) in [5.74, 6) is -1.02. The molecule has 9 heteroatoms. The lowest BCUT2D eigenvalue weighted by Gasteiger charge is -2.42. The lowest BCUT2D eigenvalue weighted by molar-refractivity contribution is -0.139. The molecular weight excluding hydrogens is 358 g/mol. The van der Waals surface area contributed by atoms with Crippen LogP contribution < -0.4 is 10.0 Å². The van der Waals surface area contributed by atoms with Crippen LogP contribution >= 0.6 is 0 Å². The molecule has 0 heterocycles. The van der Waals surface area contributed by atoms with Gasteiger partial charge in [-0.2, -0.15) is 0 Å². The number of nitrogens with zero attached hydrogens (tertiary/aromatic N) is 1. The van der Waals surface area contributed by atoms with E-state index in [0.29, 0.717) is 31.5 Å². The maximum absolute atomic E-state index is 12.4. The highest BCUT2D eigenvalue weighted by Gasteiger charge is 2.36. The monoisotopic (exact) mass is 383 g/mol. The lowest BCUT2D eigenvalue weighted by Crippen LogP contribution is -2.54. The number of rotatable bonds is 9. The summed E-state index contributed by atoms with van der Waals surface area (Å²) >= 11 is 0. The van der Waals surface area contributed by atoms with E-state index in [0.717, 1.165) is 0 Å². The Labute approximate surface area is 153 Å². The first-order valence-electron chi connectivity index (χ1n) is 8.63. The Balaban J connectivity index is 1.91. The third-order valence-electron chi connectivity index (χ3n) is 4.47. The van der Waals surface area contributed by atoms with Gasteiger partial charge in [-0.05, 0) is 43.7 Å². The summed E-state index contributed by atoms with van der Waals surface area (Å²) in [5, 5.41) is 11.6. The number of amides is 1. The number of hydrogen-bond acceptors (Lipinski definition) is 5. The molecule has 1 aromatic carbocycles. The molecule has 0 atom stereocenters. The van der Waals surface area contributed by atoms with Gasteiger partial charge in [0.25, 0.3) is 0 Å². The maximum Gasteiger partial charge on any atom is 0.317 e. The summed E-state index contributed by atoms with van der Waals surface area (Å²) in [5.41, 5.74) is 0.548. The molecule has 0 unspecified atom stereocenters. The molecule has 1 aliphatic rings. The zero-order valence-corrected chi connectivity index (χ0v) is 15.8. The van der Waals surface area contributed by atoms with Crippen molar-refractivity contribution in [3.8, 4) is 0 Å². The van der Waals surface area contributed by atoms with Crippen molar-refractivity contribution in [3.05, 3.63) is 24.3 Å². The normalized spacial score (nSPS) is 19.8. The molecule has 0 saturated heterocycles. The average molecular weight is 383 g/mol. The summed E-state index contributed by atoms with van der Waals surface area (Å²) in [6.07, 6.45) is 1.52. The molecular formula is C17H25N3O5S. The highest BCUT2D eigenvalue weighted by Crippen LogP contribution is 2.27. The third-order valence-corrected chi connectivity index (χ3v) is 6.00. The average Bonchev–Trinajstić information content (AvgIpc) is 2.56. The van der Waals surface area contributed by atoms with E-state index in [9.17, 15) is 18.0 Å². The largest absolute Gasteiger partial charge is 0.480 e. The second kappa shape index (κ2) is 8.61. The molecule has 1 amide bonds. The molecule has 144 valence electrons. The van der Waals surface area contributed by atoms with Crippen LogP contribution in [-0.4, -0.2) is 55.5 Å². The number of carbonyl (C=O) groups is 2. The van der Waals surface area contributed by atoms with Crippen molar-refractivity contribution < 1.29 is 23.1 Å². The van der Waals surface area contributed by atoms with Crippen LogP contribution in [0, 0.1) is 0 Å². The van der Waals surface area contributed by atoms with Gasteiger partial charge in [-0.3, -0.25) is 14.5 Å². The van der Waals surface area contributed by atoms with Crippen molar-refractivity contribution in [2.45, 2.75) is 50.1 Å². The van der Waals surface area contributed by atoms with E-state index in [1.54, 1.807) is 19.1 Å². The van der Waals surface area contributed by atoms with Gasteiger partial charge >= 0.3 is 5.97 Å². The molecule has 8 nitrogen and oxygen atoms in total. The van der Waals surface area contributed by atoms with E-state index in [-0.39, 0.29) is 29.4 Å². The Hall–Kier alpha value is -1.97. The molecule has 1 fully saturated rings. The highest BCUT2D eigenvalue weighted by atomic mass is 32.2. The second-order valence-electron chi connectivity index (χ2n) is 6.33. The smallest absolute Gasteiger partial charge is 0.317 e. The fourth-order valence-corrected chi connectivity index (χ4v) is 4.17. The lowest BCUT2D eigenvalue weighted by atomic mass is 9.86. The fraction of sp³-hybridized carbons (Fsp3) is 0.529. The van der Waals surface area contributed by atoms with E-state index in [4.69, 9.17) is 5.11 Å². The van der Waals surface area contributed by atoms with Crippen molar-refractivity contribution in [1.29, 1.82) is 0 Å². The molecule has 26 heavy (non-hydrogen) atoms. The minimum Gasteiger partial charge on any atom is -0.480 e. The van der Waals surface area contributed by atoms with E-state index < -0.39 is 16.0 Å². The molecule has 3 N–H and O–H groups in total. The minimum absolute atomic E-state index is 0.0361. The van der Waals surface area contributed by atoms with Crippen LogP contribution in [0.5, 0.6) is 0 Å². The van der Waals surface area contributed by atoms with Crippen LogP contribution in [0.2, 0.25) is 0 Å². The van der Waals surface area contributed by atoms with Crippen LogP contribution in [0.4, 0.5) is 5.69 Å². The van der Waals surface area contributed by atoms with E-state index in [1.807, 2.05) is 11.8 Å². The second-order valence-corrected chi connectivity index (χ2v) is 8.04. The highest BCUT2D eigenvalue weighted by molar-refractivity contribution is 7.89. The number of anilines is 1. The number of aliphatic carboxylic acids is 1.